The van der Waals surface area contributed by atoms with Crippen molar-refractivity contribution in [2.45, 2.75) is 24.2 Å². The summed E-state index contributed by atoms with van der Waals surface area (Å²) in [5.41, 5.74) is 6.11. The van der Waals surface area contributed by atoms with E-state index in [2.05, 4.69) is 4.98 Å². The van der Waals surface area contributed by atoms with Crippen molar-refractivity contribution in [1.29, 1.82) is 0 Å². The highest BCUT2D eigenvalue weighted by atomic mass is 35.5. The molecule has 1 atom stereocenters. The number of aromatic nitrogens is 1. The molecular formula is C46H32Cl7NO9S. The van der Waals surface area contributed by atoms with Crippen LogP contribution in [0.5, 0.6) is 11.5 Å². The molecule has 1 aliphatic rings. The van der Waals surface area contributed by atoms with Crippen molar-refractivity contribution in [1.82, 2.24) is 4.98 Å². The molecule has 18 heteroatoms. The van der Waals surface area contributed by atoms with E-state index in [1.807, 2.05) is 42.5 Å². The number of phenolic OH excluding ortho intramolecular Hbond substituents is 2. The number of benzene rings is 6. The molecule has 3 N–H and O–H groups in total. The molecule has 0 spiro atoms. The first-order valence-electron chi connectivity index (χ1n) is 18.6. The number of ether oxygens (including phenoxy) is 1. The van der Waals surface area contributed by atoms with Gasteiger partial charge in [-0.05, 0) is 84.3 Å². The summed E-state index contributed by atoms with van der Waals surface area (Å²) in [5.74, 6) is -1.81. The van der Waals surface area contributed by atoms with E-state index in [1.165, 1.54) is 18.4 Å². The minimum Gasteiger partial charge on any atom is -0.506 e. The van der Waals surface area contributed by atoms with E-state index in [1.54, 1.807) is 61.5 Å². The average Bonchev–Trinajstić information content (AvgIpc) is 3.88. The molecule has 0 radical (unpaired) electrons. The topological polar surface area (TPSA) is 164 Å². The molecule has 0 aliphatic carbocycles. The van der Waals surface area contributed by atoms with E-state index >= 15 is 0 Å². The van der Waals surface area contributed by atoms with Crippen LogP contribution in [0.1, 0.15) is 40.7 Å². The fourth-order valence-corrected chi connectivity index (χ4v) is 8.46. The molecule has 0 fully saturated rings. The van der Waals surface area contributed by atoms with Gasteiger partial charge in [0.05, 0.1) is 46.5 Å². The SMILES string of the molecule is CC(C(=O)O)c1ccc2oc(-c3ccc(Cl)cc3)nc2c1.CS(=O)(=O)c1ccc(C2=C(c3ccccc3)C(=O)OC2)cc1.Oc1c(Cl)cc(Cl)c(Cl)c1Cc1c(O)c(Cl)cc(Cl)c1Cl. The second kappa shape index (κ2) is 20.5. The van der Waals surface area contributed by atoms with Crippen LogP contribution < -0.4 is 0 Å². The van der Waals surface area contributed by atoms with Gasteiger partial charge in [0.2, 0.25) is 5.89 Å². The van der Waals surface area contributed by atoms with Crippen LogP contribution in [0.15, 0.2) is 119 Å². The largest absolute Gasteiger partial charge is 0.506 e. The lowest BCUT2D eigenvalue weighted by molar-refractivity contribution is -0.138. The summed E-state index contributed by atoms with van der Waals surface area (Å²) < 4.78 is 33.9. The monoisotopic (exact) mass is 1020 g/mol. The highest BCUT2D eigenvalue weighted by Crippen LogP contribution is 2.45. The number of aromatic hydroxyl groups is 2. The number of aliphatic carboxylic acids is 1. The molecule has 1 aromatic heterocycles. The van der Waals surface area contributed by atoms with Crippen LogP contribution in [-0.2, 0) is 30.6 Å². The van der Waals surface area contributed by atoms with Crippen LogP contribution in [0.3, 0.4) is 0 Å². The van der Waals surface area contributed by atoms with Crippen LogP contribution in [0.2, 0.25) is 35.2 Å². The van der Waals surface area contributed by atoms with Gasteiger partial charge in [0, 0.05) is 40.0 Å². The Bertz CT molecular complexity index is 2940. The van der Waals surface area contributed by atoms with Gasteiger partial charge in [-0.25, -0.2) is 18.2 Å². The maximum atomic E-state index is 12.0. The lowest BCUT2D eigenvalue weighted by Gasteiger charge is -2.14. The van der Waals surface area contributed by atoms with E-state index in [0.717, 1.165) is 22.3 Å². The molecule has 0 bridgehead atoms. The number of halogens is 7. The number of oxazole rings is 1. The first-order valence-corrected chi connectivity index (χ1v) is 23.1. The zero-order valence-electron chi connectivity index (χ0n) is 33.2. The summed E-state index contributed by atoms with van der Waals surface area (Å²) in [6, 6.07) is 30.9. The lowest BCUT2D eigenvalue weighted by atomic mass is 9.97. The molecule has 2 heterocycles. The number of carboxylic acids is 1. The number of rotatable bonds is 8. The minimum absolute atomic E-state index is 0.0307. The van der Waals surface area contributed by atoms with Gasteiger partial charge in [0.1, 0.15) is 23.6 Å². The molecule has 330 valence electrons. The molecule has 1 unspecified atom stereocenters. The highest BCUT2D eigenvalue weighted by Gasteiger charge is 2.27. The zero-order chi connectivity index (χ0) is 46.6. The Morgan fingerprint density at radius 2 is 1.27 bits per heavy atom. The van der Waals surface area contributed by atoms with Gasteiger partial charge in [-0.15, -0.1) is 0 Å². The van der Waals surface area contributed by atoms with E-state index < -0.39 is 21.7 Å². The van der Waals surface area contributed by atoms with Crippen LogP contribution >= 0.6 is 81.2 Å². The van der Waals surface area contributed by atoms with Crippen molar-refractivity contribution in [3.63, 3.8) is 0 Å². The number of carbonyl (C=O) groups is 2. The third-order valence-electron chi connectivity index (χ3n) is 9.75. The molecule has 6 aromatic carbocycles. The van der Waals surface area contributed by atoms with Gasteiger partial charge >= 0.3 is 11.9 Å². The molecule has 1 aliphatic heterocycles. The van der Waals surface area contributed by atoms with Crippen molar-refractivity contribution in [3.05, 3.63) is 172 Å². The third kappa shape index (κ3) is 11.1. The molecule has 10 nitrogen and oxygen atoms in total. The van der Waals surface area contributed by atoms with Gasteiger partial charge in [0.15, 0.2) is 15.4 Å². The Balaban J connectivity index is 0.000000159. The lowest BCUT2D eigenvalue weighted by Crippen LogP contribution is -2.06. The molecule has 64 heavy (non-hydrogen) atoms. The van der Waals surface area contributed by atoms with Crippen LogP contribution in [-0.4, -0.2) is 53.5 Å². The number of hydrogen-bond acceptors (Lipinski definition) is 9. The Morgan fingerprint density at radius 3 is 1.80 bits per heavy atom. The first kappa shape index (κ1) is 48.5. The summed E-state index contributed by atoms with van der Waals surface area (Å²) in [5, 5.41) is 30.3. The summed E-state index contributed by atoms with van der Waals surface area (Å²) in [7, 11) is -3.23. The number of nitrogens with zero attached hydrogens (tertiary/aromatic N) is 1. The van der Waals surface area contributed by atoms with Gasteiger partial charge in [0.25, 0.3) is 0 Å². The number of carbonyl (C=O) groups excluding carboxylic acids is 1. The van der Waals surface area contributed by atoms with E-state index in [4.69, 9.17) is 95.5 Å². The van der Waals surface area contributed by atoms with Crippen molar-refractivity contribution in [2.75, 3.05) is 12.9 Å². The average molecular weight is 1020 g/mol. The molecule has 8 rings (SSSR count). The predicted octanol–water partition coefficient (Wildman–Crippen LogP) is 13.5. The summed E-state index contributed by atoms with van der Waals surface area (Å²) >= 11 is 41.5. The number of fused-ring (bicyclic) bond motifs is 1. The molecule has 7 aromatic rings. The summed E-state index contributed by atoms with van der Waals surface area (Å²) in [4.78, 5) is 27.7. The number of phenols is 2. The Hall–Kier alpha value is -4.95. The second-order valence-electron chi connectivity index (χ2n) is 14.0. The van der Waals surface area contributed by atoms with Crippen LogP contribution in [0.25, 0.3) is 33.7 Å². The highest BCUT2D eigenvalue weighted by molar-refractivity contribution is 7.90. The number of sulfone groups is 1. The number of carboxylic acid groups (broad SMARTS) is 1. The van der Waals surface area contributed by atoms with Crippen LogP contribution in [0, 0.1) is 0 Å². The maximum Gasteiger partial charge on any atom is 0.339 e. The van der Waals surface area contributed by atoms with Crippen molar-refractivity contribution >= 4 is 125 Å². The molecule has 0 amide bonds. The maximum absolute atomic E-state index is 12.0. The summed E-state index contributed by atoms with van der Waals surface area (Å²) in [6.45, 7) is 1.84. The van der Waals surface area contributed by atoms with Gasteiger partial charge < -0.3 is 24.5 Å². The van der Waals surface area contributed by atoms with E-state index in [0.29, 0.717) is 33.1 Å². The standard InChI is InChI=1S/C17H14O4S.C16H12ClNO3.C13H6Cl6O2/c1-22(19,20)14-9-7-12(8-10-14)15-11-21-17(18)16(15)13-5-3-2-4-6-13;1-9(16(19)20)11-4-7-14-13(8-11)18-15(21-14)10-2-5-12(17)6-3-10;14-6-2-8(16)12(20)4(10(6)18)1-5-11(19)7(15)3-9(17)13(5)21/h2-10H,11H2,1H3;2-9H,1H3,(H,19,20);2-3,20-21H,1H2. The minimum atomic E-state index is -3.23. The number of esters is 1. The fourth-order valence-electron chi connectivity index (χ4n) is 6.28. The molecule has 0 saturated carbocycles. The van der Waals surface area contributed by atoms with E-state index in [-0.39, 0.29) is 76.7 Å². The summed E-state index contributed by atoms with van der Waals surface area (Å²) in [6.07, 6.45) is 1.12. The van der Waals surface area contributed by atoms with Crippen molar-refractivity contribution in [2.24, 2.45) is 0 Å². The first-order chi connectivity index (χ1) is 30.2. The quantitative estimate of drug-likeness (QED) is 0.0986. The Labute approximate surface area is 402 Å². The normalized spacial score (nSPS) is 12.9. The number of cyclic esters (lactones) is 1. The van der Waals surface area contributed by atoms with Crippen molar-refractivity contribution < 1.29 is 42.5 Å². The fraction of sp³-hybridized carbons (Fsp3) is 0.109. The number of hydrogen-bond donors (Lipinski definition) is 3. The Kier molecular flexibility index (Phi) is 15.5. The predicted molar refractivity (Wildman–Crippen MR) is 253 cm³/mol. The Morgan fingerprint density at radius 1 is 0.719 bits per heavy atom. The smallest absolute Gasteiger partial charge is 0.339 e. The van der Waals surface area contributed by atoms with Crippen molar-refractivity contribution in [3.8, 4) is 23.0 Å². The zero-order valence-corrected chi connectivity index (χ0v) is 39.3. The van der Waals surface area contributed by atoms with Crippen LogP contribution in [0.4, 0.5) is 0 Å². The third-order valence-corrected chi connectivity index (χ3v) is 13.4. The molecular weight excluding hydrogens is 991 g/mol. The molecule has 0 saturated heterocycles. The van der Waals surface area contributed by atoms with Gasteiger partial charge in [-0.3, -0.25) is 4.79 Å². The van der Waals surface area contributed by atoms with E-state index in [9.17, 15) is 28.2 Å². The van der Waals surface area contributed by atoms with Gasteiger partial charge in [-0.2, -0.15) is 0 Å². The van der Waals surface area contributed by atoms with Gasteiger partial charge in [-0.1, -0.05) is 130 Å². The second-order valence-corrected chi connectivity index (χ2v) is 18.9.